The van der Waals surface area contributed by atoms with E-state index >= 15 is 0 Å². The molecule has 2 aromatic heterocycles. The van der Waals surface area contributed by atoms with E-state index in [9.17, 15) is 0 Å². The minimum absolute atomic E-state index is 0.192. The summed E-state index contributed by atoms with van der Waals surface area (Å²) < 4.78 is 7.60. The van der Waals surface area contributed by atoms with Crippen molar-refractivity contribution in [3.8, 4) is 5.75 Å². The summed E-state index contributed by atoms with van der Waals surface area (Å²) in [4.78, 5) is 8.99. The van der Waals surface area contributed by atoms with Crippen LogP contribution in [0.3, 0.4) is 0 Å². The lowest BCUT2D eigenvalue weighted by atomic mass is 10.0. The summed E-state index contributed by atoms with van der Waals surface area (Å²) >= 11 is 6.12. The lowest BCUT2D eigenvalue weighted by molar-refractivity contribution is 0.408. The molecule has 0 aliphatic rings. The van der Waals surface area contributed by atoms with Crippen molar-refractivity contribution in [1.29, 1.82) is 0 Å². The van der Waals surface area contributed by atoms with E-state index in [1.807, 2.05) is 66.3 Å². The lowest BCUT2D eigenvalue weighted by Gasteiger charge is -2.23. The van der Waals surface area contributed by atoms with Crippen LogP contribution in [-0.4, -0.2) is 21.6 Å². The Morgan fingerprint density at radius 1 is 1.07 bits per heavy atom. The van der Waals surface area contributed by atoms with Crippen LogP contribution in [0.1, 0.15) is 17.4 Å². The third-order valence-electron chi connectivity index (χ3n) is 4.57. The molecule has 27 heavy (non-hydrogen) atoms. The number of fused-ring (bicyclic) bond motifs is 1. The van der Waals surface area contributed by atoms with Crippen molar-refractivity contribution in [2.45, 2.75) is 6.04 Å². The van der Waals surface area contributed by atoms with Crippen LogP contribution >= 0.6 is 11.6 Å². The summed E-state index contributed by atoms with van der Waals surface area (Å²) in [5, 5.41) is 5.29. The quantitative estimate of drug-likeness (QED) is 0.540. The largest absolute Gasteiger partial charge is 0.496 e. The number of nitrogens with zero attached hydrogens (tertiary/aromatic N) is 3. The first-order valence-electron chi connectivity index (χ1n) is 8.58. The number of benzene rings is 2. The summed E-state index contributed by atoms with van der Waals surface area (Å²) in [5.41, 5.74) is 2.80. The Hall–Kier alpha value is -3.05. The molecular weight excluding hydrogens is 360 g/mol. The number of hydrogen-bond donors (Lipinski definition) is 1. The van der Waals surface area contributed by atoms with Gasteiger partial charge in [0.2, 0.25) is 0 Å². The van der Waals surface area contributed by atoms with Crippen molar-refractivity contribution in [2.24, 2.45) is 7.05 Å². The Morgan fingerprint density at radius 3 is 2.70 bits per heavy atom. The molecule has 0 saturated heterocycles. The van der Waals surface area contributed by atoms with E-state index in [2.05, 4.69) is 15.3 Å². The van der Waals surface area contributed by atoms with E-state index in [0.717, 1.165) is 33.7 Å². The highest BCUT2D eigenvalue weighted by molar-refractivity contribution is 6.31. The van der Waals surface area contributed by atoms with Crippen LogP contribution in [0, 0.1) is 0 Å². The lowest BCUT2D eigenvalue weighted by Crippen LogP contribution is -2.17. The average molecular weight is 379 g/mol. The molecule has 4 aromatic rings. The van der Waals surface area contributed by atoms with Gasteiger partial charge in [0.1, 0.15) is 17.6 Å². The van der Waals surface area contributed by atoms with Gasteiger partial charge in [0.05, 0.1) is 12.6 Å². The second-order valence-corrected chi connectivity index (χ2v) is 6.67. The van der Waals surface area contributed by atoms with Gasteiger partial charge in [-0.3, -0.25) is 4.98 Å². The SMILES string of the molecule is COc1ccccc1C(Nc1ccnc2cc(Cl)ccc12)c1nccn1C. The van der Waals surface area contributed by atoms with Gasteiger partial charge >= 0.3 is 0 Å². The van der Waals surface area contributed by atoms with E-state index < -0.39 is 0 Å². The van der Waals surface area contributed by atoms with Gasteiger partial charge < -0.3 is 14.6 Å². The molecule has 4 rings (SSSR count). The molecule has 1 unspecified atom stereocenters. The Kier molecular flexibility index (Phi) is 4.69. The molecule has 0 aliphatic heterocycles. The number of pyridine rings is 1. The average Bonchev–Trinajstić information content (AvgIpc) is 3.11. The van der Waals surface area contributed by atoms with Crippen LogP contribution in [0.25, 0.3) is 10.9 Å². The van der Waals surface area contributed by atoms with Crippen LogP contribution in [0.5, 0.6) is 5.75 Å². The molecule has 2 heterocycles. The maximum atomic E-state index is 6.12. The number of methoxy groups -OCH3 is 1. The third-order valence-corrected chi connectivity index (χ3v) is 4.81. The van der Waals surface area contributed by atoms with E-state index in [4.69, 9.17) is 16.3 Å². The monoisotopic (exact) mass is 378 g/mol. The predicted octanol–water partition coefficient (Wildman–Crippen LogP) is 4.83. The smallest absolute Gasteiger partial charge is 0.135 e. The maximum absolute atomic E-state index is 6.12. The first kappa shape index (κ1) is 17.4. The topological polar surface area (TPSA) is 52.0 Å². The van der Waals surface area contributed by atoms with Gasteiger partial charge in [-0.2, -0.15) is 0 Å². The first-order chi connectivity index (χ1) is 13.2. The highest BCUT2D eigenvalue weighted by Crippen LogP contribution is 2.34. The van der Waals surface area contributed by atoms with Crippen molar-refractivity contribution in [3.05, 3.63) is 83.5 Å². The summed E-state index contributed by atoms with van der Waals surface area (Å²) in [6, 6.07) is 15.4. The molecule has 1 N–H and O–H groups in total. The zero-order valence-electron chi connectivity index (χ0n) is 15.1. The number of para-hydroxylation sites is 1. The van der Waals surface area contributed by atoms with Crippen molar-refractivity contribution in [1.82, 2.24) is 14.5 Å². The molecule has 0 spiro atoms. The predicted molar refractivity (Wildman–Crippen MR) is 108 cm³/mol. The molecule has 6 heteroatoms. The van der Waals surface area contributed by atoms with Gasteiger partial charge in [0.15, 0.2) is 0 Å². The number of imidazole rings is 1. The zero-order chi connectivity index (χ0) is 18.8. The summed E-state index contributed by atoms with van der Waals surface area (Å²) in [7, 11) is 3.66. The van der Waals surface area contributed by atoms with Crippen molar-refractivity contribution in [3.63, 3.8) is 0 Å². The number of halogens is 1. The molecule has 0 amide bonds. The molecular formula is C21H19ClN4O. The van der Waals surface area contributed by atoms with Gasteiger partial charge in [-0.25, -0.2) is 4.98 Å². The van der Waals surface area contributed by atoms with Crippen LogP contribution in [0.15, 0.2) is 67.1 Å². The highest BCUT2D eigenvalue weighted by Gasteiger charge is 2.22. The standard InChI is InChI=1S/C21H19ClN4O/c1-26-12-11-24-21(26)20(16-5-3-4-6-19(16)27-2)25-17-9-10-23-18-13-14(22)7-8-15(17)18/h3-13,20H,1-2H3,(H,23,25). The van der Waals surface area contributed by atoms with Crippen molar-refractivity contribution < 1.29 is 4.74 Å². The highest BCUT2D eigenvalue weighted by atomic mass is 35.5. The Morgan fingerprint density at radius 2 is 1.93 bits per heavy atom. The van der Waals surface area contributed by atoms with Crippen molar-refractivity contribution >= 4 is 28.2 Å². The van der Waals surface area contributed by atoms with E-state index in [1.165, 1.54) is 0 Å². The first-order valence-corrected chi connectivity index (χ1v) is 8.96. The molecule has 136 valence electrons. The van der Waals surface area contributed by atoms with Crippen LogP contribution in [-0.2, 0) is 7.05 Å². The number of aromatic nitrogens is 3. The summed E-state index contributed by atoms with van der Waals surface area (Å²) in [6.07, 6.45) is 5.51. The number of aryl methyl sites for hydroxylation is 1. The molecule has 5 nitrogen and oxygen atoms in total. The van der Waals surface area contributed by atoms with Crippen molar-refractivity contribution in [2.75, 3.05) is 12.4 Å². The Labute approximate surface area is 162 Å². The molecule has 0 bridgehead atoms. The van der Waals surface area contributed by atoms with Gasteiger partial charge in [0.25, 0.3) is 0 Å². The van der Waals surface area contributed by atoms with Gasteiger partial charge in [-0.05, 0) is 30.3 Å². The van der Waals surface area contributed by atoms with Gasteiger partial charge in [-0.1, -0.05) is 29.8 Å². The molecule has 0 fully saturated rings. The molecule has 2 aromatic carbocycles. The Bertz CT molecular complexity index is 1090. The molecule has 0 radical (unpaired) electrons. The molecule has 0 saturated carbocycles. The fourth-order valence-electron chi connectivity index (χ4n) is 3.24. The minimum atomic E-state index is -0.192. The number of nitrogens with one attached hydrogen (secondary N) is 1. The van der Waals surface area contributed by atoms with Crippen LogP contribution in [0.2, 0.25) is 5.02 Å². The van der Waals surface area contributed by atoms with Crippen LogP contribution in [0.4, 0.5) is 5.69 Å². The summed E-state index contributed by atoms with van der Waals surface area (Å²) in [5.74, 6) is 1.69. The molecule has 1 atom stereocenters. The normalized spacial score (nSPS) is 12.1. The van der Waals surface area contributed by atoms with E-state index in [-0.39, 0.29) is 6.04 Å². The number of hydrogen-bond acceptors (Lipinski definition) is 4. The Balaban J connectivity index is 1.85. The summed E-state index contributed by atoms with van der Waals surface area (Å²) in [6.45, 7) is 0. The van der Waals surface area contributed by atoms with E-state index in [0.29, 0.717) is 5.02 Å². The second kappa shape index (κ2) is 7.29. The number of ether oxygens (including phenoxy) is 1. The third kappa shape index (κ3) is 3.34. The van der Waals surface area contributed by atoms with Gasteiger partial charge in [0, 0.05) is 47.3 Å². The maximum Gasteiger partial charge on any atom is 0.135 e. The van der Waals surface area contributed by atoms with Crippen LogP contribution < -0.4 is 10.1 Å². The fourth-order valence-corrected chi connectivity index (χ4v) is 3.41. The van der Waals surface area contributed by atoms with Gasteiger partial charge in [-0.15, -0.1) is 0 Å². The minimum Gasteiger partial charge on any atom is -0.496 e. The molecule has 0 aliphatic carbocycles. The number of rotatable bonds is 5. The second-order valence-electron chi connectivity index (χ2n) is 6.24. The fraction of sp³-hybridized carbons (Fsp3) is 0.143. The number of anilines is 1. The zero-order valence-corrected chi connectivity index (χ0v) is 15.8. The van der Waals surface area contributed by atoms with E-state index in [1.54, 1.807) is 19.5 Å².